The Hall–Kier alpha value is -1.82. The monoisotopic (exact) mass is 265 g/mol. The van der Waals surface area contributed by atoms with Crippen LogP contribution in [0.15, 0.2) is 30.3 Å². The summed E-state index contributed by atoms with van der Waals surface area (Å²) in [7, 11) is 0. The molecule has 5 nitrogen and oxygen atoms in total. The number of nitrogens with one attached hydrogen (secondary N) is 1. The zero-order valence-corrected chi connectivity index (χ0v) is 10.1. The first-order valence-electron chi connectivity index (χ1n) is 5.33. The maximum Gasteiger partial charge on any atom is 0.324 e. The summed E-state index contributed by atoms with van der Waals surface area (Å²) in [5, 5.41) is 10.3. The van der Waals surface area contributed by atoms with Gasteiger partial charge >= 0.3 is 5.97 Å². The van der Waals surface area contributed by atoms with E-state index >= 15 is 0 Å². The first-order chi connectivity index (χ1) is 8.59. The van der Waals surface area contributed by atoms with E-state index in [1.54, 1.807) is 30.3 Å². The van der Waals surface area contributed by atoms with E-state index in [0.29, 0.717) is 11.3 Å². The maximum absolute atomic E-state index is 11.8. The Bertz CT molecular complexity index is 488. The van der Waals surface area contributed by atoms with Crippen molar-refractivity contribution in [3.8, 4) is 0 Å². The van der Waals surface area contributed by atoms with Crippen molar-refractivity contribution in [1.29, 1.82) is 0 Å². The molecule has 1 aliphatic heterocycles. The number of hydrogen-bond acceptors (Lipinski definition) is 4. The van der Waals surface area contributed by atoms with Crippen molar-refractivity contribution in [3.63, 3.8) is 0 Å². The smallest absolute Gasteiger partial charge is 0.324 e. The van der Waals surface area contributed by atoms with Crippen molar-refractivity contribution in [2.24, 2.45) is 0 Å². The molecule has 1 fully saturated rings. The molecule has 1 saturated heterocycles. The van der Waals surface area contributed by atoms with Crippen LogP contribution in [0.3, 0.4) is 0 Å². The molecule has 6 heteroatoms. The summed E-state index contributed by atoms with van der Waals surface area (Å²) >= 11 is 1.04. The Morgan fingerprint density at radius 3 is 2.50 bits per heavy atom. The minimum atomic E-state index is -1.15. The molecule has 0 aliphatic carbocycles. The Morgan fingerprint density at radius 2 is 1.94 bits per heavy atom. The SMILES string of the molecule is O=C(N[C@@H]1CS[C@@H](C(=O)O)C1=O)c1ccccc1. The van der Waals surface area contributed by atoms with E-state index < -0.39 is 23.0 Å². The molecule has 0 radical (unpaired) electrons. The number of thioether (sulfide) groups is 1. The highest BCUT2D eigenvalue weighted by atomic mass is 32.2. The number of amides is 1. The number of carboxylic acids is 1. The van der Waals surface area contributed by atoms with Gasteiger partial charge in [0, 0.05) is 11.3 Å². The van der Waals surface area contributed by atoms with Gasteiger partial charge in [0.1, 0.15) is 0 Å². The predicted molar refractivity (Wildman–Crippen MR) is 66.6 cm³/mol. The van der Waals surface area contributed by atoms with Crippen molar-refractivity contribution >= 4 is 29.4 Å². The quantitative estimate of drug-likeness (QED) is 0.780. The third-order valence-corrected chi connectivity index (χ3v) is 3.89. The third-order valence-electron chi connectivity index (χ3n) is 2.60. The van der Waals surface area contributed by atoms with Crippen LogP contribution < -0.4 is 5.32 Å². The van der Waals surface area contributed by atoms with E-state index in [-0.39, 0.29) is 5.91 Å². The largest absolute Gasteiger partial charge is 0.480 e. The minimum absolute atomic E-state index is 0.300. The third kappa shape index (κ3) is 2.53. The molecule has 0 saturated carbocycles. The lowest BCUT2D eigenvalue weighted by Gasteiger charge is -2.10. The van der Waals surface area contributed by atoms with Gasteiger partial charge < -0.3 is 10.4 Å². The van der Waals surface area contributed by atoms with Crippen molar-refractivity contribution in [2.75, 3.05) is 5.75 Å². The molecule has 1 amide bonds. The molecule has 1 aromatic carbocycles. The number of hydrogen-bond donors (Lipinski definition) is 2. The van der Waals surface area contributed by atoms with Crippen molar-refractivity contribution in [1.82, 2.24) is 5.32 Å². The summed E-state index contributed by atoms with van der Waals surface area (Å²) in [4.78, 5) is 34.3. The van der Waals surface area contributed by atoms with Crippen LogP contribution in [0.2, 0.25) is 0 Å². The van der Waals surface area contributed by atoms with Crippen LogP contribution in [0.25, 0.3) is 0 Å². The molecule has 2 atom stereocenters. The van der Waals surface area contributed by atoms with Crippen LogP contribution in [-0.2, 0) is 9.59 Å². The zero-order chi connectivity index (χ0) is 13.1. The summed E-state index contributed by atoms with van der Waals surface area (Å²) < 4.78 is 0. The van der Waals surface area contributed by atoms with Gasteiger partial charge in [-0.1, -0.05) is 18.2 Å². The number of carbonyl (C=O) groups is 3. The molecule has 1 aliphatic rings. The van der Waals surface area contributed by atoms with Crippen LogP contribution in [0.1, 0.15) is 10.4 Å². The highest BCUT2D eigenvalue weighted by molar-refractivity contribution is 8.02. The van der Waals surface area contributed by atoms with Gasteiger partial charge in [-0.25, -0.2) is 0 Å². The standard InChI is InChI=1S/C12H11NO4S/c14-9-8(6-18-10(9)12(16)17)13-11(15)7-4-2-1-3-5-7/h1-5,8,10H,6H2,(H,13,15)(H,16,17)/t8-,10-/m1/s1. The molecule has 2 N–H and O–H groups in total. The predicted octanol–water partition coefficient (Wildman–Crippen LogP) is 0.554. The zero-order valence-electron chi connectivity index (χ0n) is 9.33. The first kappa shape index (κ1) is 12.6. The average molecular weight is 265 g/mol. The highest BCUT2D eigenvalue weighted by Gasteiger charge is 2.40. The topological polar surface area (TPSA) is 83.5 Å². The van der Waals surface area contributed by atoms with Gasteiger partial charge in [-0.05, 0) is 12.1 Å². The number of rotatable bonds is 3. The molecule has 94 valence electrons. The van der Waals surface area contributed by atoms with E-state index in [9.17, 15) is 14.4 Å². The van der Waals surface area contributed by atoms with Gasteiger partial charge in [0.25, 0.3) is 5.91 Å². The molecule has 2 rings (SSSR count). The summed E-state index contributed by atoms with van der Waals surface area (Å²) in [6, 6.07) is 7.78. The van der Waals surface area contributed by atoms with Gasteiger partial charge in [-0.2, -0.15) is 0 Å². The average Bonchev–Trinajstić information content (AvgIpc) is 2.72. The van der Waals surface area contributed by atoms with E-state index in [1.807, 2.05) is 0 Å². The van der Waals surface area contributed by atoms with Crippen LogP contribution in [0, 0.1) is 0 Å². The fraction of sp³-hybridized carbons (Fsp3) is 0.250. The minimum Gasteiger partial charge on any atom is -0.480 e. The molecule has 0 unspecified atom stereocenters. The van der Waals surface area contributed by atoms with E-state index in [0.717, 1.165) is 11.8 Å². The summed E-state index contributed by atoms with van der Waals surface area (Å²) in [6.45, 7) is 0. The van der Waals surface area contributed by atoms with E-state index in [4.69, 9.17) is 5.11 Å². The molecule has 18 heavy (non-hydrogen) atoms. The summed E-state index contributed by atoms with van der Waals surface area (Å²) in [5.41, 5.74) is 0.453. The van der Waals surface area contributed by atoms with Crippen LogP contribution >= 0.6 is 11.8 Å². The second-order valence-corrected chi connectivity index (χ2v) is 4.98. The van der Waals surface area contributed by atoms with Gasteiger partial charge in [0.05, 0.1) is 6.04 Å². The van der Waals surface area contributed by atoms with Crippen LogP contribution in [0.4, 0.5) is 0 Å². The van der Waals surface area contributed by atoms with Crippen molar-refractivity contribution in [3.05, 3.63) is 35.9 Å². The molecular formula is C12H11NO4S. The Labute approximate surface area is 108 Å². The van der Waals surface area contributed by atoms with Crippen molar-refractivity contribution in [2.45, 2.75) is 11.3 Å². The second kappa shape index (κ2) is 5.22. The molecule has 1 aromatic rings. The molecule has 1 heterocycles. The van der Waals surface area contributed by atoms with Gasteiger partial charge in [0.15, 0.2) is 11.0 Å². The Morgan fingerprint density at radius 1 is 1.28 bits per heavy atom. The second-order valence-electron chi connectivity index (χ2n) is 3.85. The number of aliphatic carboxylic acids is 1. The Kier molecular flexibility index (Phi) is 3.66. The molecule has 0 spiro atoms. The fourth-order valence-corrected chi connectivity index (χ4v) is 2.78. The lowest BCUT2D eigenvalue weighted by molar-refractivity contribution is -0.139. The van der Waals surface area contributed by atoms with Crippen molar-refractivity contribution < 1.29 is 19.5 Å². The van der Waals surface area contributed by atoms with Gasteiger partial charge in [0.2, 0.25) is 0 Å². The number of carbonyl (C=O) groups excluding carboxylic acids is 2. The number of carboxylic acid groups (broad SMARTS) is 1. The molecular weight excluding hydrogens is 254 g/mol. The lowest BCUT2D eigenvalue weighted by Crippen LogP contribution is -2.42. The van der Waals surface area contributed by atoms with Crippen LogP contribution in [0.5, 0.6) is 0 Å². The number of ketones is 1. The summed E-state index contributed by atoms with van der Waals surface area (Å²) in [6.07, 6.45) is 0. The normalized spacial score (nSPS) is 22.8. The first-order valence-corrected chi connectivity index (χ1v) is 6.38. The van der Waals surface area contributed by atoms with Crippen LogP contribution in [-0.4, -0.2) is 39.8 Å². The summed E-state index contributed by atoms with van der Waals surface area (Å²) in [5.74, 6) is -1.66. The lowest BCUT2D eigenvalue weighted by atomic mass is 10.1. The van der Waals surface area contributed by atoms with Gasteiger partial charge in [-0.3, -0.25) is 14.4 Å². The number of benzene rings is 1. The van der Waals surface area contributed by atoms with E-state index in [2.05, 4.69) is 5.32 Å². The molecule has 0 aromatic heterocycles. The highest BCUT2D eigenvalue weighted by Crippen LogP contribution is 2.24. The fourth-order valence-electron chi connectivity index (χ4n) is 1.68. The Balaban J connectivity index is 2.02. The van der Waals surface area contributed by atoms with Gasteiger partial charge in [-0.15, -0.1) is 11.8 Å². The number of Topliss-reactive ketones (excluding diaryl/α,β-unsaturated/α-hetero) is 1. The molecule has 0 bridgehead atoms. The maximum atomic E-state index is 11.8. The van der Waals surface area contributed by atoms with E-state index in [1.165, 1.54) is 0 Å².